The minimum atomic E-state index is -0.248. The summed E-state index contributed by atoms with van der Waals surface area (Å²) in [6.45, 7) is 0. The molecule has 0 radical (unpaired) electrons. The highest BCUT2D eigenvalue weighted by Crippen LogP contribution is 2.32. The van der Waals surface area contributed by atoms with Gasteiger partial charge in [-0.05, 0) is 36.4 Å². The molecule has 0 amide bonds. The van der Waals surface area contributed by atoms with Crippen LogP contribution in [0.2, 0.25) is 0 Å². The Morgan fingerprint density at radius 2 is 2.00 bits per heavy atom. The van der Waals surface area contributed by atoms with Crippen molar-refractivity contribution in [1.82, 2.24) is 15.0 Å². The summed E-state index contributed by atoms with van der Waals surface area (Å²) in [5.41, 5.74) is 1.82. The van der Waals surface area contributed by atoms with Crippen LogP contribution in [-0.2, 0) is 4.74 Å². The van der Waals surface area contributed by atoms with Crippen LogP contribution in [-0.4, -0.2) is 15.0 Å². The van der Waals surface area contributed by atoms with Gasteiger partial charge in [-0.3, -0.25) is 0 Å². The molecule has 4 rings (SSSR count). The van der Waals surface area contributed by atoms with Crippen LogP contribution in [0.5, 0.6) is 0 Å². The summed E-state index contributed by atoms with van der Waals surface area (Å²) < 4.78 is 13.0. The number of hydrogen-bond acceptors (Lipinski definition) is 4. The fourth-order valence-electron chi connectivity index (χ4n) is 2.27. The lowest BCUT2D eigenvalue weighted by Gasteiger charge is -2.12. The number of aromatic nitrogens is 3. The van der Waals surface area contributed by atoms with Gasteiger partial charge in [0.15, 0.2) is 6.23 Å². The smallest absolute Gasteiger partial charge is 0.173 e. The summed E-state index contributed by atoms with van der Waals surface area (Å²) in [5.74, 6) is 0.795. The fourth-order valence-corrected chi connectivity index (χ4v) is 2.27. The molecule has 1 aromatic carbocycles. The second kappa shape index (κ2) is 4.07. The number of furan rings is 1. The first-order valence-corrected chi connectivity index (χ1v) is 6.09. The van der Waals surface area contributed by atoms with E-state index in [1.165, 1.54) is 0 Å². The van der Waals surface area contributed by atoms with Crippen LogP contribution >= 0.6 is 0 Å². The van der Waals surface area contributed by atoms with E-state index in [0.717, 1.165) is 16.8 Å². The average molecular weight is 253 g/mol. The SMILES string of the molecule is C1=CC(n2nnc3ccccc32)OC1c1ccco1. The third-order valence-corrected chi connectivity index (χ3v) is 3.18. The highest BCUT2D eigenvalue weighted by Gasteiger charge is 2.25. The Labute approximate surface area is 109 Å². The Bertz CT molecular complexity index is 730. The van der Waals surface area contributed by atoms with Crippen molar-refractivity contribution in [2.24, 2.45) is 0 Å². The molecule has 5 nitrogen and oxygen atoms in total. The maximum atomic E-state index is 5.91. The minimum absolute atomic E-state index is 0.164. The number of para-hydroxylation sites is 1. The Morgan fingerprint density at radius 1 is 1.05 bits per heavy atom. The van der Waals surface area contributed by atoms with E-state index in [-0.39, 0.29) is 12.3 Å². The molecule has 2 aromatic heterocycles. The Hall–Kier alpha value is -2.40. The molecule has 2 atom stereocenters. The molecule has 3 heterocycles. The lowest BCUT2D eigenvalue weighted by molar-refractivity contribution is 0.00218. The molecule has 19 heavy (non-hydrogen) atoms. The van der Waals surface area contributed by atoms with Gasteiger partial charge in [-0.1, -0.05) is 17.3 Å². The summed E-state index contributed by atoms with van der Waals surface area (Å²) in [6, 6.07) is 11.6. The van der Waals surface area contributed by atoms with Crippen LogP contribution in [0, 0.1) is 0 Å². The molecule has 0 saturated carbocycles. The fraction of sp³-hybridized carbons (Fsp3) is 0.143. The number of fused-ring (bicyclic) bond motifs is 1. The van der Waals surface area contributed by atoms with Crippen molar-refractivity contribution in [2.75, 3.05) is 0 Å². The van der Waals surface area contributed by atoms with Crippen molar-refractivity contribution in [3.05, 3.63) is 60.6 Å². The van der Waals surface area contributed by atoms with Crippen molar-refractivity contribution in [3.8, 4) is 0 Å². The minimum Gasteiger partial charge on any atom is -0.466 e. The molecule has 0 spiro atoms. The molecule has 1 aliphatic rings. The zero-order chi connectivity index (χ0) is 12.7. The molecule has 5 heteroatoms. The molecule has 2 unspecified atom stereocenters. The number of ether oxygens (including phenoxy) is 1. The summed E-state index contributed by atoms with van der Waals surface area (Å²) in [6.07, 6.45) is 5.17. The standard InChI is InChI=1S/C14H11N3O2/c1-2-5-11-10(4-1)15-16-17(11)14-8-7-13(19-14)12-6-3-9-18-12/h1-9,13-14H. The van der Waals surface area contributed by atoms with Crippen LogP contribution in [0.25, 0.3) is 11.0 Å². The molecule has 0 saturated heterocycles. The second-order valence-corrected chi connectivity index (χ2v) is 4.37. The highest BCUT2D eigenvalue weighted by molar-refractivity contribution is 5.74. The van der Waals surface area contributed by atoms with Gasteiger partial charge in [-0.25, -0.2) is 4.68 Å². The van der Waals surface area contributed by atoms with E-state index in [0.29, 0.717) is 0 Å². The Balaban J connectivity index is 1.67. The lowest BCUT2D eigenvalue weighted by atomic mass is 10.3. The van der Waals surface area contributed by atoms with Gasteiger partial charge < -0.3 is 9.15 Å². The van der Waals surface area contributed by atoms with E-state index in [9.17, 15) is 0 Å². The summed E-state index contributed by atoms with van der Waals surface area (Å²) in [7, 11) is 0. The largest absolute Gasteiger partial charge is 0.466 e. The summed E-state index contributed by atoms with van der Waals surface area (Å²) in [5, 5.41) is 8.28. The number of hydrogen-bond donors (Lipinski definition) is 0. The van der Waals surface area contributed by atoms with Gasteiger partial charge in [-0.2, -0.15) is 0 Å². The lowest BCUT2D eigenvalue weighted by Crippen LogP contribution is -2.10. The maximum Gasteiger partial charge on any atom is 0.173 e. The van der Waals surface area contributed by atoms with E-state index in [2.05, 4.69) is 10.3 Å². The first-order chi connectivity index (χ1) is 9.42. The third kappa shape index (κ3) is 1.67. The van der Waals surface area contributed by atoms with Crippen molar-refractivity contribution < 1.29 is 9.15 Å². The first kappa shape index (κ1) is 10.5. The Kier molecular flexibility index (Phi) is 2.25. The molecule has 0 N–H and O–H groups in total. The predicted molar refractivity (Wildman–Crippen MR) is 68.2 cm³/mol. The predicted octanol–water partition coefficient (Wildman–Crippen LogP) is 2.85. The van der Waals surface area contributed by atoms with Crippen LogP contribution in [0.3, 0.4) is 0 Å². The van der Waals surface area contributed by atoms with E-state index in [4.69, 9.17) is 9.15 Å². The first-order valence-electron chi connectivity index (χ1n) is 6.09. The monoisotopic (exact) mass is 253 g/mol. The zero-order valence-electron chi connectivity index (χ0n) is 10.0. The van der Waals surface area contributed by atoms with Crippen LogP contribution in [0.1, 0.15) is 18.1 Å². The molecule has 1 aliphatic heterocycles. The molecular weight excluding hydrogens is 242 g/mol. The maximum absolute atomic E-state index is 5.91. The normalized spacial score (nSPS) is 22.3. The van der Waals surface area contributed by atoms with Gasteiger partial charge in [0.1, 0.15) is 17.4 Å². The van der Waals surface area contributed by atoms with Crippen LogP contribution in [0.15, 0.2) is 59.2 Å². The van der Waals surface area contributed by atoms with Gasteiger partial charge in [0.05, 0.1) is 11.8 Å². The van der Waals surface area contributed by atoms with Crippen molar-refractivity contribution >= 4 is 11.0 Å². The molecule has 0 bridgehead atoms. The molecule has 0 fully saturated rings. The summed E-state index contributed by atoms with van der Waals surface area (Å²) in [4.78, 5) is 0. The van der Waals surface area contributed by atoms with E-state index >= 15 is 0 Å². The number of rotatable bonds is 2. The van der Waals surface area contributed by atoms with Crippen LogP contribution < -0.4 is 0 Å². The van der Waals surface area contributed by atoms with Crippen LogP contribution in [0.4, 0.5) is 0 Å². The van der Waals surface area contributed by atoms with E-state index in [1.807, 2.05) is 48.6 Å². The van der Waals surface area contributed by atoms with Crippen molar-refractivity contribution in [2.45, 2.75) is 12.3 Å². The van der Waals surface area contributed by atoms with E-state index in [1.54, 1.807) is 10.9 Å². The van der Waals surface area contributed by atoms with E-state index < -0.39 is 0 Å². The molecular formula is C14H11N3O2. The second-order valence-electron chi connectivity index (χ2n) is 4.37. The molecule has 0 aliphatic carbocycles. The molecule has 94 valence electrons. The van der Waals surface area contributed by atoms with Crippen molar-refractivity contribution in [3.63, 3.8) is 0 Å². The quantitative estimate of drug-likeness (QED) is 0.659. The van der Waals surface area contributed by atoms with Gasteiger partial charge in [0, 0.05) is 0 Å². The average Bonchev–Trinajstić information content (AvgIpc) is 3.18. The highest BCUT2D eigenvalue weighted by atomic mass is 16.5. The third-order valence-electron chi connectivity index (χ3n) is 3.18. The van der Waals surface area contributed by atoms with Crippen molar-refractivity contribution in [1.29, 1.82) is 0 Å². The Morgan fingerprint density at radius 3 is 2.89 bits per heavy atom. The van der Waals surface area contributed by atoms with Gasteiger partial charge in [-0.15, -0.1) is 5.10 Å². The van der Waals surface area contributed by atoms with Gasteiger partial charge in [0.25, 0.3) is 0 Å². The topological polar surface area (TPSA) is 53.1 Å². The number of benzene rings is 1. The number of nitrogens with zero attached hydrogens (tertiary/aromatic N) is 3. The summed E-state index contributed by atoms with van der Waals surface area (Å²) >= 11 is 0. The van der Waals surface area contributed by atoms with Gasteiger partial charge in [0.2, 0.25) is 0 Å². The molecule has 3 aromatic rings. The van der Waals surface area contributed by atoms with Gasteiger partial charge >= 0.3 is 0 Å². The zero-order valence-corrected chi connectivity index (χ0v) is 10.0.